The van der Waals surface area contributed by atoms with Crippen LogP contribution in [0.1, 0.15) is 5.56 Å². The molecule has 2 aromatic carbocycles. The zero-order valence-electron chi connectivity index (χ0n) is 13.1. The number of likely N-dealkylation sites (N-methyl/N-ethyl adjacent to an activating group) is 1. The van der Waals surface area contributed by atoms with E-state index in [4.69, 9.17) is 21.1 Å². The van der Waals surface area contributed by atoms with E-state index in [1.165, 1.54) is 18.2 Å². The Kier molecular flexibility index (Phi) is 4.87. The minimum Gasteiger partial charge on any atom is -0.454 e. The SMILES string of the molecule is C[NH+](CC(=O)Nc1cc(Cl)ccc1F)Cc1ccc2c(c1)OCO2. The van der Waals surface area contributed by atoms with Crippen LogP contribution in [-0.4, -0.2) is 26.3 Å². The number of rotatable bonds is 5. The molecule has 0 saturated heterocycles. The van der Waals surface area contributed by atoms with Crippen LogP contribution in [0.3, 0.4) is 0 Å². The second-order valence-corrected chi connectivity index (χ2v) is 6.11. The van der Waals surface area contributed by atoms with E-state index >= 15 is 0 Å². The minimum absolute atomic E-state index is 0.0865. The summed E-state index contributed by atoms with van der Waals surface area (Å²) in [5.74, 6) is 0.645. The fourth-order valence-corrected chi connectivity index (χ4v) is 2.70. The van der Waals surface area contributed by atoms with E-state index in [9.17, 15) is 9.18 Å². The van der Waals surface area contributed by atoms with Crippen LogP contribution in [-0.2, 0) is 11.3 Å². The summed E-state index contributed by atoms with van der Waals surface area (Å²) in [6, 6.07) is 9.74. The zero-order chi connectivity index (χ0) is 17.1. The number of ether oxygens (including phenoxy) is 2. The molecule has 126 valence electrons. The number of carbonyl (C=O) groups excluding carboxylic acids is 1. The highest BCUT2D eigenvalue weighted by molar-refractivity contribution is 6.30. The third-order valence-corrected chi connectivity index (χ3v) is 3.84. The van der Waals surface area contributed by atoms with Crippen LogP contribution in [0.15, 0.2) is 36.4 Å². The van der Waals surface area contributed by atoms with E-state index in [0.717, 1.165) is 16.2 Å². The zero-order valence-corrected chi connectivity index (χ0v) is 13.8. The maximum atomic E-state index is 13.6. The lowest BCUT2D eigenvalue weighted by Gasteiger charge is -2.14. The summed E-state index contributed by atoms with van der Waals surface area (Å²) in [7, 11) is 1.89. The number of benzene rings is 2. The summed E-state index contributed by atoms with van der Waals surface area (Å²) < 4.78 is 24.2. The summed E-state index contributed by atoms with van der Waals surface area (Å²) in [6.45, 7) is 1.05. The van der Waals surface area contributed by atoms with E-state index in [1.54, 1.807) is 0 Å². The van der Waals surface area contributed by atoms with E-state index in [0.29, 0.717) is 17.3 Å². The normalized spacial score (nSPS) is 13.6. The molecule has 1 aliphatic rings. The van der Waals surface area contributed by atoms with Crippen LogP contribution in [0.5, 0.6) is 11.5 Å². The van der Waals surface area contributed by atoms with Crippen LogP contribution >= 0.6 is 11.6 Å². The van der Waals surface area contributed by atoms with Crippen LogP contribution in [0, 0.1) is 5.82 Å². The molecule has 0 radical (unpaired) electrons. The third kappa shape index (κ3) is 3.96. The molecule has 0 aromatic heterocycles. The highest BCUT2D eigenvalue weighted by atomic mass is 35.5. The topological polar surface area (TPSA) is 52.0 Å². The molecule has 7 heteroatoms. The van der Waals surface area contributed by atoms with E-state index in [-0.39, 0.29) is 24.9 Å². The van der Waals surface area contributed by atoms with Gasteiger partial charge in [-0.2, -0.15) is 0 Å². The molecule has 24 heavy (non-hydrogen) atoms. The average molecular weight is 352 g/mol. The van der Waals surface area contributed by atoms with Gasteiger partial charge < -0.3 is 19.7 Å². The van der Waals surface area contributed by atoms with Gasteiger partial charge in [-0.25, -0.2) is 4.39 Å². The number of hydrogen-bond donors (Lipinski definition) is 2. The molecule has 0 spiro atoms. The summed E-state index contributed by atoms with van der Waals surface area (Å²) in [5, 5.41) is 2.91. The number of halogens is 2. The Hall–Kier alpha value is -2.31. The number of anilines is 1. The standard InChI is InChI=1S/C17H16ClFN2O3/c1-21(8-11-2-5-15-16(6-11)24-10-23-15)9-17(22)20-14-7-12(18)3-4-13(14)19/h2-7H,8-10H2,1H3,(H,20,22)/p+1. The van der Waals surface area contributed by atoms with Gasteiger partial charge in [-0.3, -0.25) is 4.79 Å². The summed E-state index contributed by atoms with van der Waals surface area (Å²) in [4.78, 5) is 13.0. The van der Waals surface area contributed by atoms with Gasteiger partial charge in [0.05, 0.1) is 12.7 Å². The molecule has 0 aliphatic carbocycles. The van der Waals surface area contributed by atoms with Gasteiger partial charge >= 0.3 is 0 Å². The van der Waals surface area contributed by atoms with Gasteiger partial charge in [0.2, 0.25) is 6.79 Å². The first-order valence-electron chi connectivity index (χ1n) is 7.46. The predicted octanol–water partition coefficient (Wildman–Crippen LogP) is 1.86. The minimum atomic E-state index is -0.513. The highest BCUT2D eigenvalue weighted by Gasteiger charge is 2.17. The van der Waals surface area contributed by atoms with Crippen molar-refractivity contribution in [3.05, 3.63) is 52.8 Å². The lowest BCUT2D eigenvalue weighted by atomic mass is 10.2. The largest absolute Gasteiger partial charge is 0.454 e. The molecule has 1 heterocycles. The Morgan fingerprint density at radius 3 is 2.88 bits per heavy atom. The molecule has 1 atom stereocenters. The number of carbonyl (C=O) groups is 1. The summed E-state index contributed by atoms with van der Waals surface area (Å²) >= 11 is 5.81. The second kappa shape index (κ2) is 7.07. The van der Waals surface area contributed by atoms with Gasteiger partial charge in [0.1, 0.15) is 12.4 Å². The smallest absolute Gasteiger partial charge is 0.279 e. The van der Waals surface area contributed by atoms with Crippen molar-refractivity contribution >= 4 is 23.2 Å². The molecule has 2 N–H and O–H groups in total. The first kappa shape index (κ1) is 16.5. The molecule has 3 rings (SSSR count). The Balaban J connectivity index is 1.57. The van der Waals surface area contributed by atoms with Crippen LogP contribution in [0.4, 0.5) is 10.1 Å². The maximum Gasteiger partial charge on any atom is 0.279 e. The van der Waals surface area contributed by atoms with Crippen LogP contribution in [0.25, 0.3) is 0 Å². The van der Waals surface area contributed by atoms with Crippen molar-refractivity contribution in [2.75, 3.05) is 25.7 Å². The molecule has 1 aliphatic heterocycles. The number of quaternary nitrogens is 1. The van der Waals surface area contributed by atoms with Crippen molar-refractivity contribution in [3.63, 3.8) is 0 Å². The van der Waals surface area contributed by atoms with Crippen molar-refractivity contribution in [2.24, 2.45) is 0 Å². The molecule has 0 fully saturated rings. The monoisotopic (exact) mass is 351 g/mol. The van der Waals surface area contributed by atoms with Crippen molar-refractivity contribution in [2.45, 2.75) is 6.54 Å². The van der Waals surface area contributed by atoms with Gasteiger partial charge in [-0.05, 0) is 36.4 Å². The summed E-state index contributed by atoms with van der Waals surface area (Å²) in [6.07, 6.45) is 0. The maximum absolute atomic E-state index is 13.6. The Morgan fingerprint density at radius 2 is 2.04 bits per heavy atom. The molecule has 1 unspecified atom stereocenters. The lowest BCUT2D eigenvalue weighted by molar-refractivity contribution is -0.885. The Bertz CT molecular complexity index is 769. The first-order chi connectivity index (χ1) is 11.5. The third-order valence-electron chi connectivity index (χ3n) is 3.61. The van der Waals surface area contributed by atoms with Gasteiger partial charge in [0.25, 0.3) is 5.91 Å². The van der Waals surface area contributed by atoms with Crippen LogP contribution < -0.4 is 19.7 Å². The fraction of sp³-hybridized carbons (Fsp3) is 0.235. The predicted molar refractivity (Wildman–Crippen MR) is 88.1 cm³/mol. The van der Waals surface area contributed by atoms with Crippen molar-refractivity contribution < 1.29 is 23.6 Å². The van der Waals surface area contributed by atoms with Gasteiger partial charge in [-0.1, -0.05) is 11.6 Å². The van der Waals surface area contributed by atoms with Crippen molar-refractivity contribution in [1.82, 2.24) is 0 Å². The average Bonchev–Trinajstić information content (AvgIpc) is 2.98. The van der Waals surface area contributed by atoms with Crippen LogP contribution in [0.2, 0.25) is 5.02 Å². The van der Waals surface area contributed by atoms with Gasteiger partial charge in [-0.15, -0.1) is 0 Å². The highest BCUT2D eigenvalue weighted by Crippen LogP contribution is 2.32. The Morgan fingerprint density at radius 1 is 1.25 bits per heavy atom. The molecule has 2 aromatic rings. The van der Waals surface area contributed by atoms with Gasteiger partial charge in [0.15, 0.2) is 18.0 Å². The molecule has 5 nitrogen and oxygen atoms in total. The fourth-order valence-electron chi connectivity index (χ4n) is 2.52. The van der Waals surface area contributed by atoms with E-state index in [2.05, 4.69) is 5.32 Å². The number of nitrogens with one attached hydrogen (secondary N) is 2. The number of hydrogen-bond acceptors (Lipinski definition) is 3. The molecular formula is C17H17ClFN2O3+. The first-order valence-corrected chi connectivity index (χ1v) is 7.84. The molecular weight excluding hydrogens is 335 g/mol. The van der Waals surface area contributed by atoms with Crippen molar-refractivity contribution in [3.8, 4) is 11.5 Å². The quantitative estimate of drug-likeness (QED) is 0.864. The van der Waals surface area contributed by atoms with Crippen molar-refractivity contribution in [1.29, 1.82) is 0 Å². The van der Waals surface area contributed by atoms with E-state index in [1.807, 2.05) is 25.2 Å². The Labute approximate surface area is 143 Å². The molecule has 1 amide bonds. The van der Waals surface area contributed by atoms with E-state index < -0.39 is 5.82 Å². The lowest BCUT2D eigenvalue weighted by Crippen LogP contribution is -3.08. The second-order valence-electron chi connectivity index (χ2n) is 5.67. The van der Waals surface area contributed by atoms with Gasteiger partial charge in [0, 0.05) is 10.6 Å². The summed E-state index contributed by atoms with van der Waals surface area (Å²) in [5.41, 5.74) is 1.11. The molecule has 0 saturated carbocycles. The number of amides is 1. The molecule has 0 bridgehead atoms. The number of fused-ring (bicyclic) bond motifs is 1.